The normalized spacial score (nSPS) is 18.7. The predicted octanol–water partition coefficient (Wildman–Crippen LogP) is 4.35. The Morgan fingerprint density at radius 1 is 0.833 bits per heavy atom. The van der Waals surface area contributed by atoms with E-state index in [0.717, 1.165) is 16.8 Å². The van der Waals surface area contributed by atoms with Gasteiger partial charge in [-0.05, 0) is 70.9 Å². The minimum Gasteiger partial charge on any atom is -0.399 e. The molecule has 0 spiro atoms. The van der Waals surface area contributed by atoms with E-state index in [1.54, 1.807) is 0 Å². The molecule has 1 fully saturated rings. The van der Waals surface area contributed by atoms with Crippen LogP contribution in [-0.2, 0) is 9.31 Å². The molecule has 1 heterocycles. The summed E-state index contributed by atoms with van der Waals surface area (Å²) in [6.07, 6.45) is 0. The first-order valence-electron chi connectivity index (χ1n) is 8.48. The molecule has 0 radical (unpaired) electrons. The van der Waals surface area contributed by atoms with Crippen LogP contribution >= 0.6 is 0 Å². The van der Waals surface area contributed by atoms with Gasteiger partial charge in [-0.15, -0.1) is 0 Å². The van der Waals surface area contributed by atoms with Crippen LogP contribution in [-0.4, -0.2) is 18.3 Å². The Kier molecular flexibility index (Phi) is 4.22. The molecule has 1 aliphatic heterocycles. The smallest absolute Gasteiger partial charge is 0.399 e. The van der Waals surface area contributed by atoms with Gasteiger partial charge in [-0.25, -0.2) is 0 Å². The maximum absolute atomic E-state index is 6.21. The van der Waals surface area contributed by atoms with Crippen LogP contribution in [0, 0.1) is 13.8 Å². The minimum absolute atomic E-state index is 0.343. The summed E-state index contributed by atoms with van der Waals surface area (Å²) in [5.41, 5.74) is 4.92. The number of rotatable bonds is 3. The molecule has 0 unspecified atom stereocenters. The van der Waals surface area contributed by atoms with Crippen molar-refractivity contribution in [3.63, 3.8) is 0 Å². The summed E-state index contributed by atoms with van der Waals surface area (Å²) in [5.74, 6) is 0. The van der Waals surface area contributed by atoms with E-state index in [9.17, 15) is 0 Å². The summed E-state index contributed by atoms with van der Waals surface area (Å²) in [4.78, 5) is 0. The largest absolute Gasteiger partial charge is 0.496 e. The van der Waals surface area contributed by atoms with Crippen molar-refractivity contribution < 1.29 is 9.31 Å². The van der Waals surface area contributed by atoms with E-state index < -0.39 is 0 Å². The van der Waals surface area contributed by atoms with Gasteiger partial charge in [0.25, 0.3) is 0 Å². The Hall–Kier alpha value is -1.78. The van der Waals surface area contributed by atoms with Crippen molar-refractivity contribution in [1.82, 2.24) is 0 Å². The third kappa shape index (κ3) is 3.21. The Balaban J connectivity index is 1.92. The summed E-state index contributed by atoms with van der Waals surface area (Å²) < 4.78 is 12.4. The van der Waals surface area contributed by atoms with Crippen LogP contribution in [0.3, 0.4) is 0 Å². The highest BCUT2D eigenvalue weighted by atomic mass is 16.7. The van der Waals surface area contributed by atoms with Crippen molar-refractivity contribution in [3.8, 4) is 0 Å². The fraction of sp³-hybridized carbons (Fsp3) is 0.400. The third-order valence-electron chi connectivity index (χ3n) is 4.97. The maximum atomic E-state index is 6.21. The quantitative estimate of drug-likeness (QED) is 0.852. The Morgan fingerprint density at radius 3 is 1.96 bits per heavy atom. The second kappa shape index (κ2) is 5.94. The molecule has 4 heteroatoms. The lowest BCUT2D eigenvalue weighted by molar-refractivity contribution is 0.00578. The number of hydrogen-bond donors (Lipinski definition) is 1. The average Bonchev–Trinajstić information content (AvgIpc) is 2.66. The van der Waals surface area contributed by atoms with Gasteiger partial charge in [-0.2, -0.15) is 0 Å². The monoisotopic (exact) mass is 323 g/mol. The number of nitrogens with one attached hydrogen (secondary N) is 1. The summed E-state index contributed by atoms with van der Waals surface area (Å²) in [6, 6.07) is 14.6. The van der Waals surface area contributed by atoms with Gasteiger partial charge in [0.05, 0.1) is 11.2 Å². The maximum Gasteiger partial charge on any atom is 0.496 e. The van der Waals surface area contributed by atoms with Crippen molar-refractivity contribution in [2.75, 3.05) is 5.32 Å². The molecule has 1 N–H and O–H groups in total. The van der Waals surface area contributed by atoms with Crippen LogP contribution in [0.4, 0.5) is 11.4 Å². The molecular weight excluding hydrogens is 297 g/mol. The van der Waals surface area contributed by atoms with E-state index in [2.05, 4.69) is 77.2 Å². The number of anilines is 2. The second-order valence-corrected chi connectivity index (χ2v) is 7.68. The molecule has 0 aliphatic carbocycles. The van der Waals surface area contributed by atoms with Crippen molar-refractivity contribution in [2.24, 2.45) is 0 Å². The van der Waals surface area contributed by atoms with E-state index in [0.29, 0.717) is 0 Å². The molecule has 2 aromatic rings. The van der Waals surface area contributed by atoms with E-state index in [1.165, 1.54) is 11.1 Å². The molecule has 0 amide bonds. The summed E-state index contributed by atoms with van der Waals surface area (Å²) in [7, 11) is -0.371. The highest BCUT2D eigenvalue weighted by molar-refractivity contribution is 6.64. The second-order valence-electron chi connectivity index (χ2n) is 7.68. The standard InChI is InChI=1S/C20H26BNO2/c1-14-11-15(2)13-16(12-14)22-18-10-8-7-9-17(18)21-23-19(3,4)20(5,6)24-21/h7-13,22H,1-6H3. The summed E-state index contributed by atoms with van der Waals surface area (Å²) in [5, 5.41) is 3.53. The van der Waals surface area contributed by atoms with Crippen molar-refractivity contribution in [3.05, 3.63) is 53.6 Å². The van der Waals surface area contributed by atoms with Crippen LogP contribution in [0.1, 0.15) is 38.8 Å². The molecule has 0 atom stereocenters. The van der Waals surface area contributed by atoms with Crippen molar-refractivity contribution in [2.45, 2.75) is 52.7 Å². The van der Waals surface area contributed by atoms with Gasteiger partial charge < -0.3 is 14.6 Å². The molecule has 0 bridgehead atoms. The van der Waals surface area contributed by atoms with Crippen LogP contribution in [0.5, 0.6) is 0 Å². The summed E-state index contributed by atoms with van der Waals surface area (Å²) >= 11 is 0. The SMILES string of the molecule is Cc1cc(C)cc(Nc2ccccc2B2OC(C)(C)C(C)(C)O2)c1. The molecular formula is C20H26BNO2. The molecule has 2 aromatic carbocycles. The van der Waals surface area contributed by atoms with Gasteiger partial charge in [0.15, 0.2) is 0 Å². The molecule has 0 aromatic heterocycles. The fourth-order valence-corrected chi connectivity index (χ4v) is 2.99. The molecule has 24 heavy (non-hydrogen) atoms. The van der Waals surface area contributed by atoms with Gasteiger partial charge in [0.2, 0.25) is 0 Å². The Morgan fingerprint density at radius 2 is 1.38 bits per heavy atom. The highest BCUT2D eigenvalue weighted by Gasteiger charge is 2.52. The van der Waals surface area contributed by atoms with Gasteiger partial charge in [0.1, 0.15) is 0 Å². The van der Waals surface area contributed by atoms with Gasteiger partial charge >= 0.3 is 7.12 Å². The number of para-hydroxylation sites is 1. The van der Waals surface area contributed by atoms with E-state index in [1.807, 2.05) is 12.1 Å². The van der Waals surface area contributed by atoms with E-state index in [-0.39, 0.29) is 18.3 Å². The lowest BCUT2D eigenvalue weighted by atomic mass is 9.77. The van der Waals surface area contributed by atoms with Gasteiger partial charge in [-0.3, -0.25) is 0 Å². The Labute approximate surface area is 145 Å². The average molecular weight is 323 g/mol. The molecule has 1 aliphatic rings. The zero-order valence-electron chi connectivity index (χ0n) is 15.4. The first-order chi connectivity index (χ1) is 11.2. The molecule has 126 valence electrons. The van der Waals surface area contributed by atoms with Crippen molar-refractivity contribution >= 4 is 24.0 Å². The third-order valence-corrected chi connectivity index (χ3v) is 4.97. The number of hydrogen-bond acceptors (Lipinski definition) is 3. The van der Waals surface area contributed by atoms with Gasteiger partial charge in [0, 0.05) is 16.8 Å². The van der Waals surface area contributed by atoms with Crippen LogP contribution in [0.25, 0.3) is 0 Å². The Bertz CT molecular complexity index is 719. The molecule has 3 nitrogen and oxygen atoms in total. The first-order valence-corrected chi connectivity index (χ1v) is 8.48. The zero-order valence-corrected chi connectivity index (χ0v) is 15.4. The highest BCUT2D eigenvalue weighted by Crippen LogP contribution is 2.37. The zero-order chi connectivity index (χ0) is 17.5. The van der Waals surface area contributed by atoms with Gasteiger partial charge in [-0.1, -0.05) is 24.3 Å². The van der Waals surface area contributed by atoms with E-state index in [4.69, 9.17) is 9.31 Å². The van der Waals surface area contributed by atoms with Crippen LogP contribution in [0.15, 0.2) is 42.5 Å². The number of benzene rings is 2. The van der Waals surface area contributed by atoms with Crippen LogP contribution in [0.2, 0.25) is 0 Å². The molecule has 1 saturated heterocycles. The lowest BCUT2D eigenvalue weighted by Crippen LogP contribution is -2.41. The minimum atomic E-state index is -0.371. The lowest BCUT2D eigenvalue weighted by Gasteiger charge is -2.32. The molecule has 3 rings (SSSR count). The topological polar surface area (TPSA) is 30.5 Å². The summed E-state index contributed by atoms with van der Waals surface area (Å²) in [6.45, 7) is 12.5. The van der Waals surface area contributed by atoms with Crippen LogP contribution < -0.4 is 10.8 Å². The van der Waals surface area contributed by atoms with Crippen molar-refractivity contribution in [1.29, 1.82) is 0 Å². The molecule has 0 saturated carbocycles. The number of aryl methyl sites for hydroxylation is 2. The fourth-order valence-electron chi connectivity index (χ4n) is 2.99. The predicted molar refractivity (Wildman–Crippen MR) is 101 cm³/mol. The first kappa shape index (κ1) is 17.1. The van der Waals surface area contributed by atoms with E-state index >= 15 is 0 Å².